The summed E-state index contributed by atoms with van der Waals surface area (Å²) in [6.07, 6.45) is 34.3. The standard InChI is InChI=1S/C33H66ClNO2S/c1-4-6-8-10-12-14-15-16-17-18-20-22-24-26-29-35-31(28-30-38-3)33(36)37-32(34)27-25-23-21-19-13-11-9-7-5-2/h31-32,35H,4-30H2,1-3H3/t31-,32?/m1/s1. The Labute approximate surface area is 248 Å². The van der Waals surface area contributed by atoms with E-state index in [-0.39, 0.29) is 12.0 Å². The van der Waals surface area contributed by atoms with Gasteiger partial charge in [0.1, 0.15) is 6.04 Å². The van der Waals surface area contributed by atoms with Crippen molar-refractivity contribution >= 4 is 29.3 Å². The molecular weight excluding hydrogens is 510 g/mol. The van der Waals surface area contributed by atoms with Crippen LogP contribution in [0.3, 0.4) is 0 Å². The Hall–Kier alpha value is 0.0700. The van der Waals surface area contributed by atoms with E-state index in [1.165, 1.54) is 135 Å². The average molecular weight is 576 g/mol. The van der Waals surface area contributed by atoms with Crippen LogP contribution in [0.4, 0.5) is 0 Å². The van der Waals surface area contributed by atoms with Crippen molar-refractivity contribution in [3.63, 3.8) is 0 Å². The molecule has 5 heteroatoms. The van der Waals surface area contributed by atoms with Gasteiger partial charge in [0.15, 0.2) is 5.56 Å². The van der Waals surface area contributed by atoms with Gasteiger partial charge in [-0.1, -0.05) is 160 Å². The number of thioether (sulfide) groups is 1. The fourth-order valence-corrected chi connectivity index (χ4v) is 5.73. The molecule has 2 atom stereocenters. The maximum Gasteiger partial charge on any atom is 0.324 e. The first-order chi connectivity index (χ1) is 18.7. The Bertz CT molecular complexity index is 480. The van der Waals surface area contributed by atoms with E-state index in [9.17, 15) is 4.79 Å². The van der Waals surface area contributed by atoms with Crippen LogP contribution in [0.5, 0.6) is 0 Å². The smallest absolute Gasteiger partial charge is 0.324 e. The molecule has 1 N–H and O–H groups in total. The second kappa shape index (κ2) is 31.6. The zero-order valence-corrected chi connectivity index (χ0v) is 27.4. The van der Waals surface area contributed by atoms with E-state index in [1.54, 1.807) is 11.8 Å². The van der Waals surface area contributed by atoms with Gasteiger partial charge < -0.3 is 10.1 Å². The molecule has 0 radical (unpaired) electrons. The lowest BCUT2D eigenvalue weighted by Gasteiger charge is -2.19. The fourth-order valence-electron chi connectivity index (χ4n) is 5.02. The van der Waals surface area contributed by atoms with Gasteiger partial charge in [-0.3, -0.25) is 4.79 Å². The quantitative estimate of drug-likeness (QED) is 0.0506. The van der Waals surface area contributed by atoms with Gasteiger partial charge in [-0.2, -0.15) is 11.8 Å². The molecule has 1 unspecified atom stereocenters. The first-order valence-electron chi connectivity index (χ1n) is 16.7. The van der Waals surface area contributed by atoms with E-state index in [4.69, 9.17) is 16.3 Å². The van der Waals surface area contributed by atoms with Crippen LogP contribution in [-0.2, 0) is 9.53 Å². The second-order valence-corrected chi connectivity index (χ2v) is 12.8. The molecule has 0 bridgehead atoms. The van der Waals surface area contributed by atoms with Gasteiger partial charge in [-0.05, 0) is 44.2 Å². The van der Waals surface area contributed by atoms with Gasteiger partial charge in [0.05, 0.1) is 0 Å². The Morgan fingerprint density at radius 3 is 1.45 bits per heavy atom. The number of carbonyl (C=O) groups is 1. The summed E-state index contributed by atoms with van der Waals surface area (Å²) < 4.78 is 5.61. The van der Waals surface area contributed by atoms with E-state index >= 15 is 0 Å². The Kier molecular flexibility index (Phi) is 31.7. The molecule has 0 heterocycles. The zero-order valence-electron chi connectivity index (χ0n) is 25.8. The third kappa shape index (κ3) is 27.6. The maximum atomic E-state index is 12.7. The summed E-state index contributed by atoms with van der Waals surface area (Å²) in [6.45, 7) is 5.43. The molecule has 0 rings (SSSR count). The van der Waals surface area contributed by atoms with Crippen molar-refractivity contribution in [3.8, 4) is 0 Å². The Morgan fingerprint density at radius 1 is 0.632 bits per heavy atom. The molecule has 0 aliphatic rings. The highest BCUT2D eigenvalue weighted by Crippen LogP contribution is 2.16. The molecule has 0 saturated carbocycles. The third-order valence-corrected chi connectivity index (χ3v) is 8.55. The monoisotopic (exact) mass is 575 g/mol. The molecule has 0 aliphatic carbocycles. The number of esters is 1. The molecular formula is C33H66ClNO2S. The van der Waals surface area contributed by atoms with Gasteiger partial charge in [-0.25, -0.2) is 0 Å². The summed E-state index contributed by atoms with van der Waals surface area (Å²) in [6, 6.07) is -0.228. The number of hydrogen-bond acceptors (Lipinski definition) is 4. The number of carbonyl (C=O) groups excluding carboxylic acids is 1. The number of halogens is 1. The summed E-state index contributed by atoms with van der Waals surface area (Å²) >= 11 is 8.15. The largest absolute Gasteiger partial charge is 0.445 e. The number of ether oxygens (including phenoxy) is 1. The highest BCUT2D eigenvalue weighted by molar-refractivity contribution is 7.98. The average Bonchev–Trinajstić information content (AvgIpc) is 2.91. The molecule has 0 aromatic rings. The molecule has 3 nitrogen and oxygen atoms in total. The van der Waals surface area contributed by atoms with Crippen molar-refractivity contribution in [3.05, 3.63) is 0 Å². The molecule has 0 aromatic carbocycles. The Balaban J connectivity index is 3.76. The number of rotatable bonds is 31. The summed E-state index contributed by atoms with van der Waals surface area (Å²) in [5, 5.41) is 3.46. The van der Waals surface area contributed by atoms with Crippen molar-refractivity contribution < 1.29 is 9.53 Å². The molecule has 38 heavy (non-hydrogen) atoms. The van der Waals surface area contributed by atoms with E-state index in [1.807, 2.05) is 0 Å². The minimum absolute atomic E-state index is 0.166. The summed E-state index contributed by atoms with van der Waals surface area (Å²) in [5.74, 6) is 0.789. The van der Waals surface area contributed by atoms with Gasteiger partial charge in [0.2, 0.25) is 0 Å². The van der Waals surface area contributed by atoms with Crippen LogP contribution in [0, 0.1) is 0 Å². The van der Waals surface area contributed by atoms with Gasteiger partial charge in [0, 0.05) is 0 Å². The Morgan fingerprint density at radius 2 is 1.03 bits per heavy atom. The minimum atomic E-state index is -0.494. The van der Waals surface area contributed by atoms with Crippen molar-refractivity contribution in [2.24, 2.45) is 0 Å². The second-order valence-electron chi connectivity index (χ2n) is 11.3. The van der Waals surface area contributed by atoms with Crippen LogP contribution in [0.2, 0.25) is 0 Å². The number of hydrogen-bond donors (Lipinski definition) is 1. The van der Waals surface area contributed by atoms with E-state index in [0.717, 1.165) is 38.0 Å². The molecule has 0 saturated heterocycles. The lowest BCUT2D eigenvalue weighted by atomic mass is 10.0. The van der Waals surface area contributed by atoms with Gasteiger partial charge >= 0.3 is 5.97 Å². The van der Waals surface area contributed by atoms with Crippen molar-refractivity contribution in [1.29, 1.82) is 0 Å². The predicted octanol–water partition coefficient (Wildman–Crippen LogP) is 11.2. The van der Waals surface area contributed by atoms with Crippen molar-refractivity contribution in [2.75, 3.05) is 18.6 Å². The lowest BCUT2D eigenvalue weighted by Crippen LogP contribution is -2.40. The molecule has 0 spiro atoms. The van der Waals surface area contributed by atoms with Crippen LogP contribution in [0.15, 0.2) is 0 Å². The van der Waals surface area contributed by atoms with E-state index in [0.29, 0.717) is 0 Å². The first kappa shape index (κ1) is 38.1. The fraction of sp³-hybridized carbons (Fsp3) is 0.970. The van der Waals surface area contributed by atoms with Crippen molar-refractivity contribution in [2.45, 2.75) is 186 Å². The van der Waals surface area contributed by atoms with Crippen molar-refractivity contribution in [1.82, 2.24) is 5.32 Å². The minimum Gasteiger partial charge on any atom is -0.445 e. The van der Waals surface area contributed by atoms with Crippen LogP contribution in [0.25, 0.3) is 0 Å². The van der Waals surface area contributed by atoms with E-state index in [2.05, 4.69) is 25.4 Å². The van der Waals surface area contributed by atoms with Crippen LogP contribution in [0.1, 0.15) is 174 Å². The molecule has 228 valence electrons. The third-order valence-electron chi connectivity index (χ3n) is 7.59. The first-order valence-corrected chi connectivity index (χ1v) is 18.6. The zero-order chi connectivity index (χ0) is 27.9. The predicted molar refractivity (Wildman–Crippen MR) is 173 cm³/mol. The SMILES string of the molecule is CCCCCCCCCCCCCCCCN[C@H](CCSC)C(=O)OC(Cl)CCCCCCCCCCC. The maximum absolute atomic E-state index is 12.7. The molecule has 0 aromatic heterocycles. The highest BCUT2D eigenvalue weighted by Gasteiger charge is 2.21. The highest BCUT2D eigenvalue weighted by atomic mass is 35.5. The van der Waals surface area contributed by atoms with Gasteiger partial charge in [-0.15, -0.1) is 0 Å². The van der Waals surface area contributed by atoms with Gasteiger partial charge in [0.25, 0.3) is 0 Å². The summed E-state index contributed by atoms with van der Waals surface area (Å²) in [5.41, 5.74) is -0.494. The molecule has 0 fully saturated rings. The summed E-state index contributed by atoms with van der Waals surface area (Å²) in [7, 11) is 0. The number of nitrogens with one attached hydrogen (secondary N) is 1. The van der Waals surface area contributed by atoms with Crippen LogP contribution < -0.4 is 5.32 Å². The normalized spacial score (nSPS) is 13.1. The molecule has 0 amide bonds. The van der Waals surface area contributed by atoms with Crippen LogP contribution in [-0.4, -0.2) is 36.1 Å². The lowest BCUT2D eigenvalue weighted by molar-refractivity contribution is -0.148. The number of unbranched alkanes of at least 4 members (excludes halogenated alkanes) is 21. The van der Waals surface area contributed by atoms with E-state index < -0.39 is 5.56 Å². The topological polar surface area (TPSA) is 38.3 Å². The number of alkyl halides is 1. The summed E-state index contributed by atoms with van der Waals surface area (Å²) in [4.78, 5) is 12.7. The molecule has 0 aliphatic heterocycles. The van der Waals surface area contributed by atoms with Crippen LogP contribution >= 0.6 is 23.4 Å².